The molecule has 12 heavy (non-hydrogen) atoms. The van der Waals surface area contributed by atoms with Crippen molar-refractivity contribution in [2.24, 2.45) is 0 Å². The van der Waals surface area contributed by atoms with E-state index < -0.39 is 0 Å². The van der Waals surface area contributed by atoms with Crippen molar-refractivity contribution in [3.8, 4) is 0 Å². The molecule has 1 unspecified atom stereocenters. The molecule has 0 bridgehead atoms. The summed E-state index contributed by atoms with van der Waals surface area (Å²) in [6.07, 6.45) is 3.19. The van der Waals surface area contributed by atoms with Gasteiger partial charge in [0, 0.05) is 18.3 Å². The van der Waals surface area contributed by atoms with Gasteiger partial charge in [0.05, 0.1) is 12.0 Å². The van der Waals surface area contributed by atoms with E-state index in [0.29, 0.717) is 6.04 Å². The summed E-state index contributed by atoms with van der Waals surface area (Å²) in [5.41, 5.74) is 2.46. The summed E-state index contributed by atoms with van der Waals surface area (Å²) in [7, 11) is 0. The summed E-state index contributed by atoms with van der Waals surface area (Å²) < 4.78 is 2.29. The first-order valence-electron chi connectivity index (χ1n) is 4.50. The second-order valence-electron chi connectivity index (χ2n) is 3.47. The van der Waals surface area contributed by atoms with Gasteiger partial charge in [-0.05, 0) is 26.8 Å². The number of hydrogen-bond donors (Lipinski definition) is 1. The fraction of sp³-hybridized carbons (Fsp3) is 0.667. The summed E-state index contributed by atoms with van der Waals surface area (Å²) in [6, 6.07) is 0.631. The highest BCUT2D eigenvalue weighted by atomic mass is 15.1. The van der Waals surface area contributed by atoms with E-state index in [-0.39, 0.29) is 0 Å². The van der Waals surface area contributed by atoms with E-state index in [2.05, 4.69) is 28.7 Å². The van der Waals surface area contributed by atoms with Crippen molar-refractivity contribution in [3.05, 3.63) is 17.7 Å². The van der Waals surface area contributed by atoms with Crippen molar-refractivity contribution in [2.45, 2.75) is 26.3 Å². The first-order valence-corrected chi connectivity index (χ1v) is 4.50. The molecule has 0 saturated carbocycles. The van der Waals surface area contributed by atoms with Crippen LogP contribution < -0.4 is 5.32 Å². The summed E-state index contributed by atoms with van der Waals surface area (Å²) in [5.74, 6) is 0. The number of nitrogens with zero attached hydrogens (tertiary/aromatic N) is 2. The van der Waals surface area contributed by atoms with Crippen LogP contribution in [0.15, 0.2) is 6.33 Å². The molecular weight excluding hydrogens is 150 g/mol. The van der Waals surface area contributed by atoms with E-state index >= 15 is 0 Å². The molecule has 1 aromatic heterocycles. The molecule has 0 spiro atoms. The maximum atomic E-state index is 4.30. The molecule has 66 valence electrons. The second kappa shape index (κ2) is 2.90. The molecule has 1 saturated heterocycles. The van der Waals surface area contributed by atoms with Gasteiger partial charge >= 0.3 is 0 Å². The third-order valence-electron chi connectivity index (χ3n) is 2.71. The average Bonchev–Trinajstić information content (AvgIpc) is 2.64. The molecule has 1 N–H and O–H groups in total. The minimum atomic E-state index is 0.631. The molecule has 2 rings (SSSR count). The summed E-state index contributed by atoms with van der Waals surface area (Å²) >= 11 is 0. The molecular formula is C9H15N3. The Morgan fingerprint density at radius 3 is 2.92 bits per heavy atom. The van der Waals surface area contributed by atoms with Gasteiger partial charge in [-0.3, -0.25) is 0 Å². The van der Waals surface area contributed by atoms with E-state index in [1.54, 1.807) is 0 Å². The maximum Gasteiger partial charge on any atom is 0.0954 e. The van der Waals surface area contributed by atoms with E-state index in [0.717, 1.165) is 18.8 Å². The van der Waals surface area contributed by atoms with Crippen molar-refractivity contribution in [1.29, 1.82) is 0 Å². The predicted molar refractivity (Wildman–Crippen MR) is 48.2 cm³/mol. The van der Waals surface area contributed by atoms with E-state index in [4.69, 9.17) is 0 Å². The molecule has 1 aliphatic rings. The second-order valence-corrected chi connectivity index (χ2v) is 3.47. The van der Waals surface area contributed by atoms with Crippen LogP contribution in [0.2, 0.25) is 0 Å². The number of aromatic nitrogens is 2. The van der Waals surface area contributed by atoms with Gasteiger partial charge in [0.2, 0.25) is 0 Å². The highest BCUT2D eigenvalue weighted by Crippen LogP contribution is 2.18. The highest BCUT2D eigenvalue weighted by Gasteiger charge is 2.17. The Bertz CT molecular complexity index is 271. The van der Waals surface area contributed by atoms with Crippen LogP contribution in [0.4, 0.5) is 0 Å². The smallest absolute Gasteiger partial charge is 0.0954 e. The van der Waals surface area contributed by atoms with Crippen molar-refractivity contribution in [1.82, 2.24) is 14.9 Å². The first kappa shape index (κ1) is 7.80. The summed E-state index contributed by atoms with van der Waals surface area (Å²) in [5, 5.41) is 3.36. The van der Waals surface area contributed by atoms with Crippen LogP contribution in [0.1, 0.15) is 23.9 Å². The minimum Gasteiger partial charge on any atom is -0.330 e. The SMILES string of the molecule is Cc1ncn(C2CCNC2)c1C. The van der Waals surface area contributed by atoms with Gasteiger partial charge in [-0.1, -0.05) is 0 Å². The lowest BCUT2D eigenvalue weighted by molar-refractivity contribution is 0.535. The van der Waals surface area contributed by atoms with Crippen molar-refractivity contribution in [3.63, 3.8) is 0 Å². The number of imidazole rings is 1. The molecule has 3 heteroatoms. The lowest BCUT2D eigenvalue weighted by Crippen LogP contribution is -2.13. The molecule has 1 atom stereocenters. The van der Waals surface area contributed by atoms with Gasteiger partial charge < -0.3 is 9.88 Å². The Morgan fingerprint density at radius 2 is 2.42 bits per heavy atom. The summed E-state index contributed by atoms with van der Waals surface area (Å²) in [4.78, 5) is 4.30. The topological polar surface area (TPSA) is 29.9 Å². The van der Waals surface area contributed by atoms with Gasteiger partial charge in [-0.25, -0.2) is 4.98 Å². The zero-order valence-corrected chi connectivity index (χ0v) is 7.67. The monoisotopic (exact) mass is 165 g/mol. The van der Waals surface area contributed by atoms with Crippen molar-refractivity contribution in [2.75, 3.05) is 13.1 Å². The normalized spacial score (nSPS) is 23.3. The molecule has 1 aromatic rings. The molecule has 0 radical (unpaired) electrons. The van der Waals surface area contributed by atoms with Crippen LogP contribution >= 0.6 is 0 Å². The van der Waals surface area contributed by atoms with Crippen molar-refractivity contribution >= 4 is 0 Å². The Labute approximate surface area is 72.8 Å². The maximum absolute atomic E-state index is 4.30. The van der Waals surface area contributed by atoms with Gasteiger partial charge in [0.15, 0.2) is 0 Å². The van der Waals surface area contributed by atoms with Crippen LogP contribution in [0, 0.1) is 13.8 Å². The third-order valence-corrected chi connectivity index (χ3v) is 2.71. The first-order chi connectivity index (χ1) is 5.79. The number of hydrogen-bond acceptors (Lipinski definition) is 2. The summed E-state index contributed by atoms with van der Waals surface area (Å²) in [6.45, 7) is 6.44. The van der Waals surface area contributed by atoms with Gasteiger partial charge in [0.1, 0.15) is 0 Å². The minimum absolute atomic E-state index is 0.631. The van der Waals surface area contributed by atoms with E-state index in [1.165, 1.54) is 12.1 Å². The van der Waals surface area contributed by atoms with Crippen LogP contribution in [-0.4, -0.2) is 22.6 Å². The number of rotatable bonds is 1. The lowest BCUT2D eigenvalue weighted by atomic mass is 10.2. The van der Waals surface area contributed by atoms with E-state index in [9.17, 15) is 0 Å². The average molecular weight is 165 g/mol. The van der Waals surface area contributed by atoms with Gasteiger partial charge in [-0.2, -0.15) is 0 Å². The fourth-order valence-electron chi connectivity index (χ4n) is 1.76. The fourth-order valence-corrected chi connectivity index (χ4v) is 1.76. The zero-order valence-electron chi connectivity index (χ0n) is 7.67. The Balaban J connectivity index is 2.26. The lowest BCUT2D eigenvalue weighted by Gasteiger charge is -2.12. The Hall–Kier alpha value is -0.830. The molecule has 1 fully saturated rings. The van der Waals surface area contributed by atoms with E-state index in [1.807, 2.05) is 6.33 Å². The van der Waals surface area contributed by atoms with Gasteiger partial charge in [0.25, 0.3) is 0 Å². The van der Waals surface area contributed by atoms with Crippen molar-refractivity contribution < 1.29 is 0 Å². The zero-order chi connectivity index (χ0) is 8.55. The van der Waals surface area contributed by atoms with Crippen LogP contribution in [0.25, 0.3) is 0 Å². The Morgan fingerprint density at radius 1 is 1.58 bits per heavy atom. The number of nitrogens with one attached hydrogen (secondary N) is 1. The predicted octanol–water partition coefficient (Wildman–Crippen LogP) is 1.03. The molecule has 1 aliphatic heterocycles. The molecule has 0 aliphatic carbocycles. The van der Waals surface area contributed by atoms with Crippen LogP contribution in [0.3, 0.4) is 0 Å². The molecule has 0 aromatic carbocycles. The third kappa shape index (κ3) is 1.14. The standard InChI is InChI=1S/C9H15N3/c1-7-8(2)12(6-11-7)9-3-4-10-5-9/h6,9-10H,3-5H2,1-2H3. The quantitative estimate of drug-likeness (QED) is 0.673. The molecule has 3 nitrogen and oxygen atoms in total. The molecule has 2 heterocycles. The Kier molecular flexibility index (Phi) is 1.89. The highest BCUT2D eigenvalue weighted by molar-refractivity contribution is 5.10. The van der Waals surface area contributed by atoms with Crippen LogP contribution in [0.5, 0.6) is 0 Å². The molecule has 0 amide bonds. The largest absolute Gasteiger partial charge is 0.330 e. The number of aryl methyl sites for hydroxylation is 1. The van der Waals surface area contributed by atoms with Crippen LogP contribution in [-0.2, 0) is 0 Å². The van der Waals surface area contributed by atoms with Gasteiger partial charge in [-0.15, -0.1) is 0 Å².